The molecule has 1 heterocycles. The monoisotopic (exact) mass is 263 g/mol. The zero-order chi connectivity index (χ0) is 13.3. The van der Waals surface area contributed by atoms with E-state index in [-0.39, 0.29) is 12.2 Å². The van der Waals surface area contributed by atoms with Gasteiger partial charge in [0.05, 0.1) is 17.0 Å². The van der Waals surface area contributed by atoms with Crippen molar-refractivity contribution in [1.29, 1.82) is 0 Å². The molecule has 2 atom stereocenters. The lowest BCUT2D eigenvalue weighted by Gasteiger charge is -2.34. The second kappa shape index (κ2) is 5.24. The molecule has 2 unspecified atom stereocenters. The van der Waals surface area contributed by atoms with Crippen LogP contribution in [0.4, 0.5) is 0 Å². The minimum absolute atomic E-state index is 0.248. The molecule has 0 bridgehead atoms. The van der Waals surface area contributed by atoms with Gasteiger partial charge in [-0.3, -0.25) is 0 Å². The van der Waals surface area contributed by atoms with Crippen molar-refractivity contribution in [1.82, 2.24) is 5.32 Å². The van der Waals surface area contributed by atoms with E-state index in [0.29, 0.717) is 12.6 Å². The molecule has 0 spiro atoms. The van der Waals surface area contributed by atoms with Gasteiger partial charge in [-0.05, 0) is 40.5 Å². The summed E-state index contributed by atoms with van der Waals surface area (Å²) in [5.74, 6) is 0. The first-order valence-corrected chi connectivity index (χ1v) is 8.09. The Morgan fingerprint density at radius 2 is 1.71 bits per heavy atom. The zero-order valence-electron chi connectivity index (χ0n) is 11.5. The van der Waals surface area contributed by atoms with Crippen LogP contribution in [0.25, 0.3) is 0 Å². The highest BCUT2D eigenvalue weighted by molar-refractivity contribution is 7.92. The van der Waals surface area contributed by atoms with Crippen molar-refractivity contribution >= 4 is 9.84 Å². The quantitative estimate of drug-likeness (QED) is 0.832. The van der Waals surface area contributed by atoms with Crippen LogP contribution in [0, 0.1) is 0 Å². The number of nitrogens with one attached hydrogen (secondary N) is 1. The minimum Gasteiger partial charge on any atom is -0.375 e. The largest absolute Gasteiger partial charge is 0.375 e. The average Bonchev–Trinajstić information content (AvgIpc) is 2.11. The summed E-state index contributed by atoms with van der Waals surface area (Å²) in [6.07, 6.45) is 3.69. The van der Waals surface area contributed by atoms with E-state index < -0.39 is 14.6 Å². The standard InChI is InChI=1S/C12H25NO3S/c1-9-6-11(7-10(2)16-9)13-8-12(3,4)17(5,14)15/h9-11,13H,6-8H2,1-5H3. The summed E-state index contributed by atoms with van der Waals surface area (Å²) in [6, 6.07) is 0.356. The van der Waals surface area contributed by atoms with Crippen molar-refractivity contribution in [3.8, 4) is 0 Å². The summed E-state index contributed by atoms with van der Waals surface area (Å²) in [4.78, 5) is 0. The Labute approximate surface area is 105 Å². The molecule has 102 valence electrons. The number of rotatable bonds is 4. The van der Waals surface area contributed by atoms with Gasteiger partial charge in [0.1, 0.15) is 0 Å². The maximum Gasteiger partial charge on any atom is 0.153 e. The van der Waals surface area contributed by atoms with E-state index >= 15 is 0 Å². The van der Waals surface area contributed by atoms with Crippen LogP contribution in [0.5, 0.6) is 0 Å². The van der Waals surface area contributed by atoms with Gasteiger partial charge in [-0.1, -0.05) is 0 Å². The van der Waals surface area contributed by atoms with Gasteiger partial charge < -0.3 is 10.1 Å². The molecule has 5 heteroatoms. The van der Waals surface area contributed by atoms with Crippen LogP contribution >= 0.6 is 0 Å². The van der Waals surface area contributed by atoms with E-state index in [4.69, 9.17) is 4.74 Å². The van der Waals surface area contributed by atoms with Crippen molar-refractivity contribution < 1.29 is 13.2 Å². The van der Waals surface area contributed by atoms with Crippen molar-refractivity contribution in [2.24, 2.45) is 0 Å². The number of hydrogen-bond acceptors (Lipinski definition) is 4. The highest BCUT2D eigenvalue weighted by Crippen LogP contribution is 2.20. The molecule has 0 radical (unpaired) electrons. The molecule has 1 fully saturated rings. The summed E-state index contributed by atoms with van der Waals surface area (Å²) in [6.45, 7) is 8.15. The van der Waals surface area contributed by atoms with E-state index in [0.717, 1.165) is 12.8 Å². The molecular weight excluding hydrogens is 238 g/mol. The predicted octanol–water partition coefficient (Wildman–Crippen LogP) is 1.36. The second-order valence-electron chi connectivity index (χ2n) is 5.84. The molecule has 4 nitrogen and oxygen atoms in total. The molecule has 0 aromatic carbocycles. The number of sulfone groups is 1. The number of hydrogen-bond donors (Lipinski definition) is 1. The summed E-state index contributed by atoms with van der Waals surface area (Å²) >= 11 is 0. The molecule has 1 aliphatic heterocycles. The van der Waals surface area contributed by atoms with Gasteiger partial charge in [-0.25, -0.2) is 8.42 Å². The van der Waals surface area contributed by atoms with E-state index in [1.54, 1.807) is 13.8 Å². The van der Waals surface area contributed by atoms with Crippen molar-refractivity contribution in [3.05, 3.63) is 0 Å². The van der Waals surface area contributed by atoms with Crippen LogP contribution in [0.15, 0.2) is 0 Å². The SMILES string of the molecule is CC1CC(NCC(C)(C)S(C)(=O)=O)CC(C)O1. The molecule has 1 N–H and O–H groups in total. The van der Waals surface area contributed by atoms with Crippen molar-refractivity contribution in [2.75, 3.05) is 12.8 Å². The topological polar surface area (TPSA) is 55.4 Å². The Kier molecular flexibility index (Phi) is 4.60. The van der Waals surface area contributed by atoms with E-state index in [9.17, 15) is 8.42 Å². The van der Waals surface area contributed by atoms with Gasteiger partial charge in [0.25, 0.3) is 0 Å². The fourth-order valence-electron chi connectivity index (χ4n) is 2.09. The van der Waals surface area contributed by atoms with E-state index in [2.05, 4.69) is 19.2 Å². The average molecular weight is 263 g/mol. The van der Waals surface area contributed by atoms with Crippen LogP contribution in [0.2, 0.25) is 0 Å². The molecule has 1 rings (SSSR count). The lowest BCUT2D eigenvalue weighted by Crippen LogP contribution is -2.48. The van der Waals surface area contributed by atoms with Gasteiger partial charge in [0.2, 0.25) is 0 Å². The highest BCUT2D eigenvalue weighted by Gasteiger charge is 2.32. The smallest absolute Gasteiger partial charge is 0.153 e. The summed E-state index contributed by atoms with van der Waals surface area (Å²) in [5, 5.41) is 3.37. The maximum atomic E-state index is 11.6. The normalized spacial score (nSPS) is 31.5. The van der Waals surface area contributed by atoms with Gasteiger partial charge in [0, 0.05) is 18.8 Å². The van der Waals surface area contributed by atoms with Crippen molar-refractivity contribution in [2.45, 2.75) is 63.5 Å². The van der Waals surface area contributed by atoms with E-state index in [1.165, 1.54) is 6.26 Å². The van der Waals surface area contributed by atoms with Crippen molar-refractivity contribution in [3.63, 3.8) is 0 Å². The lowest BCUT2D eigenvalue weighted by atomic mass is 9.99. The minimum atomic E-state index is -3.02. The Balaban J connectivity index is 2.51. The van der Waals surface area contributed by atoms with Crippen LogP contribution in [-0.2, 0) is 14.6 Å². The fourth-order valence-corrected chi connectivity index (χ4v) is 2.44. The molecule has 0 saturated carbocycles. The molecular formula is C12H25NO3S. The molecule has 1 saturated heterocycles. The third-order valence-electron chi connectivity index (χ3n) is 3.52. The van der Waals surface area contributed by atoms with Crippen LogP contribution in [0.3, 0.4) is 0 Å². The predicted molar refractivity (Wildman–Crippen MR) is 70.0 cm³/mol. The van der Waals surface area contributed by atoms with Crippen LogP contribution in [0.1, 0.15) is 40.5 Å². The molecule has 1 aliphatic rings. The fraction of sp³-hybridized carbons (Fsp3) is 1.00. The zero-order valence-corrected chi connectivity index (χ0v) is 12.3. The second-order valence-corrected chi connectivity index (χ2v) is 8.49. The van der Waals surface area contributed by atoms with Gasteiger partial charge >= 0.3 is 0 Å². The van der Waals surface area contributed by atoms with Crippen LogP contribution < -0.4 is 5.32 Å². The molecule has 0 aromatic rings. The molecule has 17 heavy (non-hydrogen) atoms. The summed E-state index contributed by atoms with van der Waals surface area (Å²) in [7, 11) is -3.02. The Hall–Kier alpha value is -0.130. The first kappa shape index (κ1) is 14.9. The molecule has 0 amide bonds. The lowest BCUT2D eigenvalue weighted by molar-refractivity contribution is -0.0421. The Morgan fingerprint density at radius 3 is 2.12 bits per heavy atom. The number of ether oxygens (including phenoxy) is 1. The summed E-state index contributed by atoms with van der Waals surface area (Å²) in [5.41, 5.74) is 0. The third kappa shape index (κ3) is 4.23. The van der Waals surface area contributed by atoms with Gasteiger partial charge in [0.15, 0.2) is 9.84 Å². The Morgan fingerprint density at radius 1 is 1.24 bits per heavy atom. The molecule has 0 aromatic heterocycles. The third-order valence-corrected chi connectivity index (χ3v) is 5.67. The van der Waals surface area contributed by atoms with Gasteiger partial charge in [-0.15, -0.1) is 0 Å². The van der Waals surface area contributed by atoms with Crippen LogP contribution in [-0.4, -0.2) is 44.2 Å². The first-order valence-electron chi connectivity index (χ1n) is 6.20. The van der Waals surface area contributed by atoms with Gasteiger partial charge in [-0.2, -0.15) is 0 Å². The summed E-state index contributed by atoms with van der Waals surface area (Å²) < 4.78 is 28.1. The first-order chi connectivity index (χ1) is 7.62. The Bertz CT molecular complexity index is 341. The highest BCUT2D eigenvalue weighted by atomic mass is 32.2. The van der Waals surface area contributed by atoms with E-state index in [1.807, 2.05) is 0 Å². The molecule has 0 aliphatic carbocycles. The maximum absolute atomic E-state index is 11.6.